The fourth-order valence-electron chi connectivity index (χ4n) is 3.19. The molecule has 2 rings (SSSR count). The highest BCUT2D eigenvalue weighted by atomic mass is 16.2. The summed E-state index contributed by atoms with van der Waals surface area (Å²) in [5.74, 6) is 0.464. The molecule has 1 aromatic rings. The monoisotopic (exact) mass is 331 g/mol. The van der Waals surface area contributed by atoms with Crippen LogP contribution in [0.2, 0.25) is 0 Å². The van der Waals surface area contributed by atoms with Crippen LogP contribution < -0.4 is 16.4 Å². The van der Waals surface area contributed by atoms with Crippen LogP contribution in [-0.4, -0.2) is 18.4 Å². The number of nitrogens with two attached hydrogens (primary N) is 1. The van der Waals surface area contributed by atoms with Crippen LogP contribution in [-0.2, 0) is 16.1 Å². The van der Waals surface area contributed by atoms with Gasteiger partial charge in [0.25, 0.3) is 0 Å². The van der Waals surface area contributed by atoms with Crippen molar-refractivity contribution in [3.05, 3.63) is 29.8 Å². The highest BCUT2D eigenvalue weighted by Crippen LogP contribution is 2.31. The van der Waals surface area contributed by atoms with Gasteiger partial charge in [0, 0.05) is 24.1 Å². The third-order valence-electron chi connectivity index (χ3n) is 5.02. The van der Waals surface area contributed by atoms with E-state index in [0.29, 0.717) is 19.0 Å². The minimum Gasteiger partial charge on any atom is -0.352 e. The molecule has 0 saturated heterocycles. The van der Waals surface area contributed by atoms with Gasteiger partial charge in [-0.2, -0.15) is 0 Å². The Bertz CT molecular complexity index is 573. The molecule has 1 unspecified atom stereocenters. The van der Waals surface area contributed by atoms with Gasteiger partial charge in [-0.1, -0.05) is 32.4 Å². The Hall–Kier alpha value is -1.88. The fraction of sp³-hybridized carbons (Fsp3) is 0.579. The first-order valence-electron chi connectivity index (χ1n) is 8.92. The van der Waals surface area contributed by atoms with Gasteiger partial charge in [-0.25, -0.2) is 0 Å². The van der Waals surface area contributed by atoms with Crippen molar-refractivity contribution in [3.63, 3.8) is 0 Å². The van der Waals surface area contributed by atoms with E-state index in [1.807, 2.05) is 38.1 Å². The molecular formula is C19H29N3O2. The first-order valence-corrected chi connectivity index (χ1v) is 8.92. The summed E-state index contributed by atoms with van der Waals surface area (Å²) in [6.07, 6.45) is 3.87. The number of rotatable bonds is 7. The maximum absolute atomic E-state index is 12.3. The SMILES string of the molecule is CCC(C)C(=O)Nc1cccc(CNC(=O)[C@@H]2CCC[C@@H]2CN)c1. The molecule has 132 valence electrons. The van der Waals surface area contributed by atoms with Crippen LogP contribution in [0.3, 0.4) is 0 Å². The van der Waals surface area contributed by atoms with Gasteiger partial charge in [0.1, 0.15) is 0 Å². The first kappa shape index (κ1) is 18.5. The van der Waals surface area contributed by atoms with Gasteiger partial charge >= 0.3 is 0 Å². The lowest BCUT2D eigenvalue weighted by Crippen LogP contribution is -2.34. The molecular weight excluding hydrogens is 302 g/mol. The van der Waals surface area contributed by atoms with E-state index in [9.17, 15) is 9.59 Å². The number of hydrogen-bond acceptors (Lipinski definition) is 3. The van der Waals surface area contributed by atoms with Crippen molar-refractivity contribution < 1.29 is 9.59 Å². The molecule has 1 aromatic carbocycles. The van der Waals surface area contributed by atoms with E-state index >= 15 is 0 Å². The number of amides is 2. The Morgan fingerprint density at radius 2 is 2.12 bits per heavy atom. The van der Waals surface area contributed by atoms with E-state index in [1.165, 1.54) is 0 Å². The van der Waals surface area contributed by atoms with E-state index < -0.39 is 0 Å². The van der Waals surface area contributed by atoms with Gasteiger partial charge in [0.15, 0.2) is 0 Å². The van der Waals surface area contributed by atoms with Gasteiger partial charge in [-0.15, -0.1) is 0 Å². The molecule has 3 atom stereocenters. The fourth-order valence-corrected chi connectivity index (χ4v) is 3.19. The van der Waals surface area contributed by atoms with Crippen molar-refractivity contribution in [2.75, 3.05) is 11.9 Å². The van der Waals surface area contributed by atoms with Crippen LogP contribution in [0.25, 0.3) is 0 Å². The van der Waals surface area contributed by atoms with Gasteiger partial charge in [0.05, 0.1) is 0 Å². The minimum absolute atomic E-state index is 0.0103. The normalized spacial score (nSPS) is 21.3. The highest BCUT2D eigenvalue weighted by molar-refractivity contribution is 5.92. The molecule has 0 spiro atoms. The van der Waals surface area contributed by atoms with E-state index in [2.05, 4.69) is 10.6 Å². The average molecular weight is 331 g/mol. The zero-order chi connectivity index (χ0) is 17.5. The summed E-state index contributed by atoms with van der Waals surface area (Å²) in [5, 5.41) is 5.94. The summed E-state index contributed by atoms with van der Waals surface area (Å²) in [4.78, 5) is 24.3. The third kappa shape index (κ3) is 4.81. The molecule has 1 aliphatic rings. The zero-order valence-electron chi connectivity index (χ0n) is 14.7. The molecule has 0 bridgehead atoms. The van der Waals surface area contributed by atoms with Crippen molar-refractivity contribution in [2.45, 2.75) is 46.1 Å². The molecule has 1 saturated carbocycles. The maximum Gasteiger partial charge on any atom is 0.227 e. The van der Waals surface area contributed by atoms with Crippen LogP contribution >= 0.6 is 0 Å². The van der Waals surface area contributed by atoms with Gasteiger partial charge < -0.3 is 16.4 Å². The summed E-state index contributed by atoms with van der Waals surface area (Å²) in [5.41, 5.74) is 7.50. The van der Waals surface area contributed by atoms with Gasteiger partial charge in [-0.3, -0.25) is 9.59 Å². The second-order valence-corrected chi connectivity index (χ2v) is 6.75. The molecule has 4 N–H and O–H groups in total. The molecule has 0 aromatic heterocycles. The maximum atomic E-state index is 12.3. The van der Waals surface area contributed by atoms with Crippen LogP contribution in [0, 0.1) is 17.8 Å². The molecule has 0 heterocycles. The molecule has 1 aliphatic carbocycles. The predicted octanol–water partition coefficient (Wildman–Crippen LogP) is 2.66. The van der Waals surface area contributed by atoms with Crippen molar-refractivity contribution in [1.82, 2.24) is 5.32 Å². The standard InChI is InChI=1S/C19H29N3O2/c1-3-13(2)18(23)22-16-8-4-6-14(10-16)12-21-19(24)17-9-5-7-15(17)11-20/h4,6,8,10,13,15,17H,3,5,7,9,11-12,20H2,1-2H3,(H,21,24)(H,22,23)/t13?,15-,17-/m1/s1. The number of nitrogens with one attached hydrogen (secondary N) is 2. The van der Waals surface area contributed by atoms with Crippen LogP contribution in [0.15, 0.2) is 24.3 Å². The molecule has 2 amide bonds. The molecule has 0 radical (unpaired) electrons. The topological polar surface area (TPSA) is 84.2 Å². The van der Waals surface area contributed by atoms with E-state index in [1.54, 1.807) is 0 Å². The van der Waals surface area contributed by atoms with Gasteiger partial charge in [-0.05, 0) is 49.4 Å². The summed E-state index contributed by atoms with van der Waals surface area (Å²) >= 11 is 0. The summed E-state index contributed by atoms with van der Waals surface area (Å²) in [7, 11) is 0. The zero-order valence-corrected chi connectivity index (χ0v) is 14.7. The van der Waals surface area contributed by atoms with E-state index in [4.69, 9.17) is 5.73 Å². The molecule has 0 aliphatic heterocycles. The third-order valence-corrected chi connectivity index (χ3v) is 5.02. The Morgan fingerprint density at radius 3 is 2.83 bits per heavy atom. The summed E-state index contributed by atoms with van der Waals surface area (Å²) in [6, 6.07) is 7.63. The number of carbonyl (C=O) groups excluding carboxylic acids is 2. The second-order valence-electron chi connectivity index (χ2n) is 6.75. The molecule has 1 fully saturated rings. The van der Waals surface area contributed by atoms with Crippen molar-refractivity contribution in [3.8, 4) is 0 Å². The molecule has 5 heteroatoms. The predicted molar refractivity (Wildman–Crippen MR) is 96.3 cm³/mol. The first-order chi connectivity index (χ1) is 11.5. The van der Waals surface area contributed by atoms with Gasteiger partial charge in [0.2, 0.25) is 11.8 Å². The lowest BCUT2D eigenvalue weighted by atomic mass is 9.95. The lowest BCUT2D eigenvalue weighted by molar-refractivity contribution is -0.126. The van der Waals surface area contributed by atoms with Crippen molar-refractivity contribution in [1.29, 1.82) is 0 Å². The van der Waals surface area contributed by atoms with E-state index in [-0.39, 0.29) is 23.7 Å². The Labute approximate surface area is 144 Å². The smallest absolute Gasteiger partial charge is 0.227 e. The van der Waals surface area contributed by atoms with Crippen LogP contribution in [0.1, 0.15) is 45.1 Å². The second kappa shape index (κ2) is 8.83. The quantitative estimate of drug-likeness (QED) is 0.718. The van der Waals surface area contributed by atoms with Crippen LogP contribution in [0.5, 0.6) is 0 Å². The number of hydrogen-bond donors (Lipinski definition) is 3. The molecule has 5 nitrogen and oxygen atoms in total. The number of carbonyl (C=O) groups is 2. The molecule has 24 heavy (non-hydrogen) atoms. The number of benzene rings is 1. The Morgan fingerprint density at radius 1 is 1.33 bits per heavy atom. The van der Waals surface area contributed by atoms with Crippen LogP contribution in [0.4, 0.5) is 5.69 Å². The number of anilines is 1. The summed E-state index contributed by atoms with van der Waals surface area (Å²) in [6.45, 7) is 4.96. The van der Waals surface area contributed by atoms with E-state index in [0.717, 1.165) is 36.9 Å². The minimum atomic E-state index is -0.0103. The Balaban J connectivity index is 1.90. The highest BCUT2D eigenvalue weighted by Gasteiger charge is 2.31. The van der Waals surface area contributed by atoms with Crippen molar-refractivity contribution >= 4 is 17.5 Å². The van der Waals surface area contributed by atoms with Crippen molar-refractivity contribution in [2.24, 2.45) is 23.5 Å². The average Bonchev–Trinajstić information content (AvgIpc) is 3.08. The summed E-state index contributed by atoms with van der Waals surface area (Å²) < 4.78 is 0. The Kier molecular flexibility index (Phi) is 6.79. The largest absolute Gasteiger partial charge is 0.352 e. The lowest BCUT2D eigenvalue weighted by Gasteiger charge is -2.17.